The van der Waals surface area contributed by atoms with Gasteiger partial charge < -0.3 is 20.1 Å². The molecule has 0 aliphatic carbocycles. The summed E-state index contributed by atoms with van der Waals surface area (Å²) in [6, 6.07) is 27.2. The maximum Gasteiger partial charge on any atom is 0.166 e. The molecule has 3 rings (SSSR count). The fraction of sp³-hybridized carbons (Fsp3) is 0.269. The van der Waals surface area contributed by atoms with Gasteiger partial charge in [0.1, 0.15) is 0 Å². The Morgan fingerprint density at radius 2 is 1.35 bits per heavy atom. The Balaban J connectivity index is 1.47. The van der Waals surface area contributed by atoms with E-state index in [0.717, 1.165) is 37.4 Å². The zero-order valence-electron chi connectivity index (χ0n) is 18.1. The van der Waals surface area contributed by atoms with Crippen LogP contribution in [0.15, 0.2) is 78.9 Å². The maximum absolute atomic E-state index is 5.48. The van der Waals surface area contributed by atoms with E-state index < -0.39 is 0 Å². The number of nitrogens with one attached hydrogen (secondary N) is 2. The van der Waals surface area contributed by atoms with Crippen molar-refractivity contribution in [3.8, 4) is 11.5 Å². The Morgan fingerprint density at radius 1 is 0.774 bits per heavy atom. The fourth-order valence-corrected chi connectivity index (χ4v) is 3.85. The number of benzene rings is 3. The normalized spacial score (nSPS) is 10.5. The first-order valence-electron chi connectivity index (χ1n) is 10.5. The molecular weight excluding hydrogens is 404 g/mol. The molecule has 5 heteroatoms. The van der Waals surface area contributed by atoms with Crippen LogP contribution in [-0.4, -0.2) is 32.4 Å². The van der Waals surface area contributed by atoms with Crippen molar-refractivity contribution in [2.75, 3.05) is 27.3 Å². The van der Waals surface area contributed by atoms with Crippen LogP contribution in [-0.2, 0) is 6.42 Å². The molecular formula is C26H30N2O2S. The van der Waals surface area contributed by atoms with Crippen molar-refractivity contribution in [3.05, 3.63) is 95.6 Å². The minimum Gasteiger partial charge on any atom is -0.493 e. The molecule has 31 heavy (non-hydrogen) atoms. The molecule has 0 fully saturated rings. The van der Waals surface area contributed by atoms with Gasteiger partial charge in [0.2, 0.25) is 0 Å². The third-order valence-corrected chi connectivity index (χ3v) is 5.56. The molecule has 0 aliphatic heterocycles. The lowest BCUT2D eigenvalue weighted by Gasteiger charge is -2.19. The second kappa shape index (κ2) is 12.0. The summed E-state index contributed by atoms with van der Waals surface area (Å²) >= 11 is 5.48. The van der Waals surface area contributed by atoms with E-state index in [0.29, 0.717) is 11.0 Å². The molecule has 0 aromatic heterocycles. The molecule has 0 spiro atoms. The topological polar surface area (TPSA) is 42.5 Å². The number of hydrogen-bond donors (Lipinski definition) is 2. The Labute approximate surface area is 190 Å². The van der Waals surface area contributed by atoms with Crippen LogP contribution >= 0.6 is 12.2 Å². The summed E-state index contributed by atoms with van der Waals surface area (Å²) in [6.07, 6.45) is 1.81. The molecule has 162 valence electrons. The highest BCUT2D eigenvalue weighted by molar-refractivity contribution is 7.80. The van der Waals surface area contributed by atoms with Crippen molar-refractivity contribution in [2.24, 2.45) is 0 Å². The van der Waals surface area contributed by atoms with Crippen LogP contribution < -0.4 is 20.1 Å². The van der Waals surface area contributed by atoms with Crippen molar-refractivity contribution in [3.63, 3.8) is 0 Å². The highest BCUT2D eigenvalue weighted by Crippen LogP contribution is 2.28. The predicted octanol–water partition coefficient (Wildman–Crippen LogP) is 4.93. The molecule has 3 aromatic rings. The van der Waals surface area contributed by atoms with E-state index in [9.17, 15) is 0 Å². The van der Waals surface area contributed by atoms with Gasteiger partial charge in [0.05, 0.1) is 14.2 Å². The second-order valence-corrected chi connectivity index (χ2v) is 7.69. The smallest absolute Gasteiger partial charge is 0.166 e. The van der Waals surface area contributed by atoms with Gasteiger partial charge in [0.25, 0.3) is 0 Å². The molecule has 0 aliphatic rings. The van der Waals surface area contributed by atoms with E-state index in [4.69, 9.17) is 21.7 Å². The molecule has 0 atom stereocenters. The van der Waals surface area contributed by atoms with Gasteiger partial charge in [0, 0.05) is 19.0 Å². The fourth-order valence-electron chi connectivity index (χ4n) is 3.65. The minimum absolute atomic E-state index is 0.337. The summed E-state index contributed by atoms with van der Waals surface area (Å²) in [4.78, 5) is 0. The number of methoxy groups -OCH3 is 2. The number of thiocarbonyl (C=S) groups is 1. The van der Waals surface area contributed by atoms with Crippen LogP contribution in [0, 0.1) is 0 Å². The van der Waals surface area contributed by atoms with Gasteiger partial charge in [-0.3, -0.25) is 0 Å². The lowest BCUT2D eigenvalue weighted by molar-refractivity contribution is 0.354. The quantitative estimate of drug-likeness (QED) is 0.443. The SMILES string of the molecule is COc1ccc(CCNC(=S)NCCC(c2ccccc2)c2ccccc2)cc1OC. The zero-order chi connectivity index (χ0) is 21.9. The largest absolute Gasteiger partial charge is 0.493 e. The molecule has 0 amide bonds. The first kappa shape index (κ1) is 22.6. The molecule has 4 nitrogen and oxygen atoms in total. The van der Waals surface area contributed by atoms with Crippen LogP contribution in [0.25, 0.3) is 0 Å². The number of hydrogen-bond acceptors (Lipinski definition) is 3. The minimum atomic E-state index is 0.337. The Hall–Kier alpha value is -3.05. The monoisotopic (exact) mass is 434 g/mol. The molecule has 2 N–H and O–H groups in total. The first-order valence-corrected chi connectivity index (χ1v) is 10.9. The average molecular weight is 435 g/mol. The van der Waals surface area contributed by atoms with Gasteiger partial charge in [-0.1, -0.05) is 66.7 Å². The van der Waals surface area contributed by atoms with Gasteiger partial charge in [-0.15, -0.1) is 0 Å². The van der Waals surface area contributed by atoms with Crippen molar-refractivity contribution >= 4 is 17.3 Å². The van der Waals surface area contributed by atoms with Crippen molar-refractivity contribution in [1.82, 2.24) is 10.6 Å². The standard InChI is InChI=1S/C26H30N2O2S/c1-29-24-14-13-20(19-25(24)30-2)15-17-27-26(31)28-18-16-23(21-9-5-3-6-10-21)22-11-7-4-8-12-22/h3-14,19,23H,15-18H2,1-2H3,(H2,27,28,31). The van der Waals surface area contributed by atoms with E-state index in [1.54, 1.807) is 14.2 Å². The predicted molar refractivity (Wildman–Crippen MR) is 131 cm³/mol. The zero-order valence-corrected chi connectivity index (χ0v) is 19.0. The van der Waals surface area contributed by atoms with Crippen LogP contribution in [0.4, 0.5) is 0 Å². The third-order valence-electron chi connectivity index (χ3n) is 5.27. The van der Waals surface area contributed by atoms with Gasteiger partial charge >= 0.3 is 0 Å². The summed E-state index contributed by atoms with van der Waals surface area (Å²) in [5.41, 5.74) is 3.81. The Kier molecular flexibility index (Phi) is 8.73. The Morgan fingerprint density at radius 3 is 1.94 bits per heavy atom. The molecule has 0 bridgehead atoms. The maximum atomic E-state index is 5.48. The summed E-state index contributed by atoms with van der Waals surface area (Å²) in [7, 11) is 3.29. The third kappa shape index (κ3) is 6.72. The molecule has 3 aromatic carbocycles. The van der Waals surface area contributed by atoms with Crippen LogP contribution in [0.5, 0.6) is 11.5 Å². The van der Waals surface area contributed by atoms with Crippen LogP contribution in [0.1, 0.15) is 29.0 Å². The lowest BCUT2D eigenvalue weighted by atomic mass is 9.88. The number of rotatable bonds is 10. The van der Waals surface area contributed by atoms with Crippen LogP contribution in [0.2, 0.25) is 0 Å². The van der Waals surface area contributed by atoms with Gasteiger partial charge in [-0.05, 0) is 53.9 Å². The summed E-state index contributed by atoms with van der Waals surface area (Å²) in [5.74, 6) is 1.82. The van der Waals surface area contributed by atoms with E-state index in [1.807, 2.05) is 18.2 Å². The van der Waals surface area contributed by atoms with E-state index >= 15 is 0 Å². The first-order chi connectivity index (χ1) is 15.2. The highest BCUT2D eigenvalue weighted by Gasteiger charge is 2.13. The lowest BCUT2D eigenvalue weighted by Crippen LogP contribution is -2.37. The highest BCUT2D eigenvalue weighted by atomic mass is 32.1. The van der Waals surface area contributed by atoms with Gasteiger partial charge in [0.15, 0.2) is 16.6 Å². The van der Waals surface area contributed by atoms with Crippen molar-refractivity contribution in [1.29, 1.82) is 0 Å². The molecule has 0 unspecified atom stereocenters. The van der Waals surface area contributed by atoms with Gasteiger partial charge in [-0.2, -0.15) is 0 Å². The molecule has 0 saturated heterocycles. The van der Waals surface area contributed by atoms with E-state index in [2.05, 4.69) is 71.3 Å². The van der Waals surface area contributed by atoms with E-state index in [1.165, 1.54) is 16.7 Å². The molecule has 0 saturated carbocycles. The number of ether oxygens (including phenoxy) is 2. The Bertz CT molecular complexity index is 909. The van der Waals surface area contributed by atoms with Crippen molar-refractivity contribution < 1.29 is 9.47 Å². The summed E-state index contributed by atoms with van der Waals surface area (Å²) in [6.45, 7) is 1.55. The van der Waals surface area contributed by atoms with Crippen LogP contribution in [0.3, 0.4) is 0 Å². The molecule has 0 heterocycles. The molecule has 0 radical (unpaired) electrons. The van der Waals surface area contributed by atoms with Crippen molar-refractivity contribution in [2.45, 2.75) is 18.8 Å². The van der Waals surface area contributed by atoms with E-state index in [-0.39, 0.29) is 0 Å². The summed E-state index contributed by atoms with van der Waals surface area (Å²) < 4.78 is 10.7. The van der Waals surface area contributed by atoms with Gasteiger partial charge in [-0.25, -0.2) is 0 Å². The average Bonchev–Trinajstić information content (AvgIpc) is 2.83. The second-order valence-electron chi connectivity index (χ2n) is 7.28. The summed E-state index contributed by atoms with van der Waals surface area (Å²) in [5, 5.41) is 7.33.